The maximum atomic E-state index is 2.44. The Morgan fingerprint density at radius 3 is 2.00 bits per heavy atom. The minimum absolute atomic E-state index is 0. The van der Waals surface area contributed by atoms with Crippen molar-refractivity contribution in [1.82, 2.24) is 0 Å². The topological polar surface area (TPSA) is 0 Å². The van der Waals surface area contributed by atoms with Crippen molar-refractivity contribution in [1.29, 1.82) is 0 Å². The molecule has 0 aromatic heterocycles. The van der Waals surface area contributed by atoms with Gasteiger partial charge in [-0.05, 0) is 0 Å². The van der Waals surface area contributed by atoms with E-state index in [-0.39, 0.29) is 23.7 Å². The average molecular weight is 510 g/mol. The average Bonchev–Trinajstić information content (AvgIpc) is 3.13. The second kappa shape index (κ2) is 8.25. The van der Waals surface area contributed by atoms with E-state index < -0.39 is 20.6 Å². The molecule has 3 heteroatoms. The molecule has 1 aromatic rings. The second-order valence-electron chi connectivity index (χ2n) is 5.11. The number of hydrogen-bond donors (Lipinski definition) is 0. The molecule has 2 aliphatic rings. The van der Waals surface area contributed by atoms with Gasteiger partial charge in [-0.25, -0.2) is 0 Å². The number of hydrogen-bond acceptors (Lipinski definition) is 0. The number of benzene rings is 1. The van der Waals surface area contributed by atoms with E-state index in [1.807, 2.05) is 6.66 Å². The molecule has 0 aliphatic heterocycles. The number of rotatable bonds is 5. The molecule has 0 heterocycles. The zero-order valence-corrected chi connectivity index (χ0v) is 18.2. The molecule has 2 aliphatic carbocycles. The third kappa shape index (κ3) is 4.12. The summed E-state index contributed by atoms with van der Waals surface area (Å²) in [6.45, 7) is 0.0646. The first kappa shape index (κ1) is 16.1. The largest absolute Gasteiger partial charge is 1.00 e. The van der Waals surface area contributed by atoms with Gasteiger partial charge >= 0.3 is 125 Å². The maximum Gasteiger partial charge on any atom is -1.00 e. The Kier molecular flexibility index (Phi) is 6.65. The zero-order chi connectivity index (χ0) is 12.9. The van der Waals surface area contributed by atoms with Crippen molar-refractivity contribution in [2.75, 3.05) is 0 Å². The van der Waals surface area contributed by atoms with Crippen LogP contribution in [0.25, 0.3) is 0 Å². The van der Waals surface area contributed by atoms with E-state index in [4.69, 9.17) is 0 Å². The van der Waals surface area contributed by atoms with Gasteiger partial charge in [0, 0.05) is 0 Å². The Labute approximate surface area is 141 Å². The summed E-state index contributed by atoms with van der Waals surface area (Å²) < 4.78 is 3.73. The van der Waals surface area contributed by atoms with Gasteiger partial charge in [0.05, 0.1) is 0 Å². The van der Waals surface area contributed by atoms with Crippen LogP contribution in [0.15, 0.2) is 73.4 Å². The summed E-state index contributed by atoms with van der Waals surface area (Å²) in [5.41, 5.74) is 1.56. The van der Waals surface area contributed by atoms with Gasteiger partial charge in [-0.2, -0.15) is 0 Å². The molecule has 0 amide bonds. The third-order valence-corrected chi connectivity index (χ3v) is 28.9. The Balaban J connectivity index is 0.00000147. The molecule has 3 rings (SSSR count). The Morgan fingerprint density at radius 1 is 0.900 bits per heavy atom. The van der Waals surface area contributed by atoms with Gasteiger partial charge in [0.1, 0.15) is 0 Å². The van der Waals surface area contributed by atoms with Crippen LogP contribution in [-0.4, -0.2) is 6.71 Å². The quantitative estimate of drug-likeness (QED) is 0.510. The van der Waals surface area contributed by atoms with E-state index in [1.165, 1.54) is 18.9 Å². The normalized spacial score (nSPS) is 16.4. The Morgan fingerprint density at radius 2 is 1.50 bits per heavy atom. The predicted molar refractivity (Wildman–Crippen MR) is 82.4 cm³/mol. The van der Waals surface area contributed by atoms with Gasteiger partial charge in [0.15, 0.2) is 0 Å². The fourth-order valence-corrected chi connectivity index (χ4v) is 27.6. The van der Waals surface area contributed by atoms with Gasteiger partial charge in [0.25, 0.3) is 0 Å². The van der Waals surface area contributed by atoms with Crippen molar-refractivity contribution in [3.63, 3.8) is 0 Å². The summed E-state index contributed by atoms with van der Waals surface area (Å²) in [6.07, 6.45) is 16.7. The first-order valence-electron chi connectivity index (χ1n) is 7.05. The van der Waals surface area contributed by atoms with Crippen molar-refractivity contribution >= 4 is 6.71 Å². The van der Waals surface area contributed by atoms with Crippen LogP contribution < -0.4 is 17.0 Å². The molecular weight excluding hydrogens is 491 g/mol. The van der Waals surface area contributed by atoms with Crippen LogP contribution in [-0.2, 0) is 26.6 Å². The van der Waals surface area contributed by atoms with E-state index in [2.05, 4.69) is 66.8 Å². The molecule has 0 saturated heterocycles. The van der Waals surface area contributed by atoms with Crippen LogP contribution >= 0.6 is 0 Å². The van der Waals surface area contributed by atoms with Crippen molar-refractivity contribution < 1.29 is 37.6 Å². The Bertz CT molecular complexity index is 528. The van der Waals surface area contributed by atoms with Crippen LogP contribution in [0, 0.1) is 0 Å². The summed E-state index contributed by atoms with van der Waals surface area (Å²) in [6, 6.07) is 12.5. The van der Waals surface area contributed by atoms with E-state index in [1.54, 1.807) is 5.56 Å². The van der Waals surface area contributed by atoms with Gasteiger partial charge < -0.3 is 17.0 Å². The third-order valence-electron chi connectivity index (χ3n) is 3.82. The first-order chi connectivity index (χ1) is 9.43. The first-order valence-corrected chi connectivity index (χ1v) is 20.0. The van der Waals surface area contributed by atoms with Crippen LogP contribution in [0.4, 0.5) is 0 Å². The molecule has 0 spiro atoms. The summed E-state index contributed by atoms with van der Waals surface area (Å²) in [5.74, 6) is 0. The minimum atomic E-state index is -1.59. The molecule has 102 valence electrons. The molecule has 0 N–H and O–H groups in total. The summed E-state index contributed by atoms with van der Waals surface area (Å²) >= 11 is -1.59. The van der Waals surface area contributed by atoms with Crippen molar-refractivity contribution in [3.05, 3.63) is 79.0 Å². The van der Waals surface area contributed by atoms with Crippen molar-refractivity contribution in [3.8, 4) is 0 Å². The van der Waals surface area contributed by atoms with Gasteiger partial charge in [-0.3, -0.25) is 0 Å². The zero-order valence-electron chi connectivity index (χ0n) is 11.6. The van der Waals surface area contributed by atoms with Crippen LogP contribution in [0.5, 0.6) is 0 Å². The van der Waals surface area contributed by atoms with Gasteiger partial charge in [0.2, 0.25) is 0 Å². The monoisotopic (exact) mass is 510 g/mol. The molecule has 0 saturated carbocycles. The molecule has 0 nitrogen and oxygen atoms in total. The fourth-order valence-electron chi connectivity index (χ4n) is 2.78. The van der Waals surface area contributed by atoms with E-state index in [9.17, 15) is 0 Å². The van der Waals surface area contributed by atoms with Crippen molar-refractivity contribution in [2.45, 2.75) is 18.9 Å². The minimum Gasteiger partial charge on any atom is -1.00 e. The SMILES string of the molecule is C1=CC[C]([Hf+]([SiH2]Cc2ccccc2)[C]2=CC=CC2)=C1.[Br-]. The molecule has 20 heavy (non-hydrogen) atoms. The van der Waals surface area contributed by atoms with Crippen molar-refractivity contribution in [2.24, 2.45) is 0 Å². The molecule has 0 bridgehead atoms. The Hall–Kier alpha value is -0.253. The molecule has 1 aromatic carbocycles. The molecule has 0 unspecified atom stereocenters. The van der Waals surface area contributed by atoms with Crippen LogP contribution in [0.3, 0.4) is 0 Å². The number of halogens is 1. The summed E-state index contributed by atoms with van der Waals surface area (Å²) in [7, 11) is 0. The molecule has 0 atom stereocenters. The van der Waals surface area contributed by atoms with Gasteiger partial charge in [-0.15, -0.1) is 0 Å². The summed E-state index contributed by atoms with van der Waals surface area (Å²) in [4.78, 5) is 0. The van der Waals surface area contributed by atoms with Crippen LogP contribution in [0.1, 0.15) is 18.4 Å². The van der Waals surface area contributed by atoms with Crippen LogP contribution in [0.2, 0.25) is 0 Å². The maximum absolute atomic E-state index is 2.44. The van der Waals surface area contributed by atoms with E-state index >= 15 is 0 Å². The van der Waals surface area contributed by atoms with E-state index in [0.717, 1.165) is 0 Å². The standard InChI is InChI=1S/C7H9Si.2C5H5.BrH.Hf/c8-6-7-4-2-1-3-5-7;2*1-2-4-5-3-1;;/h1-5H,6,8H2;2*1-3H,4H2;1H;/q;;;;+1/p-1. The number of allylic oxidation sites excluding steroid dienone is 8. The smallest absolute Gasteiger partial charge is 1.00 e. The molecule has 0 radical (unpaired) electrons. The van der Waals surface area contributed by atoms with Gasteiger partial charge in [-0.1, -0.05) is 0 Å². The fraction of sp³-hybridized carbons (Fsp3) is 0.176. The van der Waals surface area contributed by atoms with E-state index in [0.29, 0.717) is 0 Å². The predicted octanol–water partition coefficient (Wildman–Crippen LogP) is 0.580. The molecular formula is C17H19BrHfSi. The molecule has 0 fully saturated rings. The summed E-state index contributed by atoms with van der Waals surface area (Å²) in [5, 5.41) is 0. The second-order valence-corrected chi connectivity index (χ2v) is 25.3.